The van der Waals surface area contributed by atoms with E-state index in [0.717, 1.165) is 13.1 Å². The fourth-order valence-corrected chi connectivity index (χ4v) is 4.30. The first-order valence-corrected chi connectivity index (χ1v) is 11.1. The average molecular weight is 424 g/mol. The summed E-state index contributed by atoms with van der Waals surface area (Å²) in [5, 5.41) is 2.39. The molecule has 0 spiro atoms. The summed E-state index contributed by atoms with van der Waals surface area (Å²) in [6, 6.07) is 35.5. The fourth-order valence-electron chi connectivity index (χ4n) is 4.30. The monoisotopic (exact) mass is 423 g/mol. The lowest BCUT2D eigenvalue weighted by atomic mass is 9.94. The predicted molar refractivity (Wildman–Crippen MR) is 130 cm³/mol. The van der Waals surface area contributed by atoms with Crippen molar-refractivity contribution in [2.24, 2.45) is 5.92 Å². The molecule has 0 radical (unpaired) electrons. The molecule has 4 rings (SSSR count). The van der Waals surface area contributed by atoms with Crippen LogP contribution >= 0.6 is 0 Å². The molecule has 0 N–H and O–H groups in total. The van der Waals surface area contributed by atoms with Crippen molar-refractivity contribution < 1.29 is 9.53 Å². The summed E-state index contributed by atoms with van der Waals surface area (Å²) in [6.45, 7) is 2.18. The van der Waals surface area contributed by atoms with Crippen LogP contribution in [0.4, 0.5) is 0 Å². The van der Waals surface area contributed by atoms with Crippen molar-refractivity contribution in [3.8, 4) is 0 Å². The van der Waals surface area contributed by atoms with Gasteiger partial charge in [0.2, 0.25) is 0 Å². The van der Waals surface area contributed by atoms with E-state index in [9.17, 15) is 4.79 Å². The molecule has 4 aromatic carbocycles. The van der Waals surface area contributed by atoms with Gasteiger partial charge in [0.15, 0.2) is 0 Å². The van der Waals surface area contributed by atoms with Gasteiger partial charge in [-0.05, 0) is 33.9 Å². The van der Waals surface area contributed by atoms with E-state index >= 15 is 0 Å². The van der Waals surface area contributed by atoms with E-state index in [1.807, 2.05) is 18.2 Å². The summed E-state index contributed by atoms with van der Waals surface area (Å²) in [5.41, 5.74) is 3.65. The predicted octanol–water partition coefficient (Wildman–Crippen LogP) is 5.87. The largest absolute Gasteiger partial charge is 0.469 e. The van der Waals surface area contributed by atoms with E-state index in [-0.39, 0.29) is 11.9 Å². The first kappa shape index (κ1) is 21.8. The van der Waals surface area contributed by atoms with E-state index in [1.54, 1.807) is 0 Å². The van der Waals surface area contributed by atoms with Gasteiger partial charge in [0, 0.05) is 19.6 Å². The molecule has 0 aliphatic carbocycles. The number of esters is 1. The molecule has 0 fully saturated rings. The summed E-state index contributed by atoms with van der Waals surface area (Å²) >= 11 is 0. The second kappa shape index (κ2) is 10.7. The average Bonchev–Trinajstić information content (AvgIpc) is 2.84. The van der Waals surface area contributed by atoms with Gasteiger partial charge in [0.1, 0.15) is 0 Å². The lowest BCUT2D eigenvalue weighted by Gasteiger charge is -2.27. The van der Waals surface area contributed by atoms with E-state index in [0.29, 0.717) is 13.0 Å². The van der Waals surface area contributed by atoms with Crippen molar-refractivity contribution in [2.45, 2.75) is 19.5 Å². The Morgan fingerprint density at radius 3 is 1.94 bits per heavy atom. The topological polar surface area (TPSA) is 29.5 Å². The standard InChI is InChI=1S/C29H29NO2/c1-32-29(31)27(19-26-17-10-16-25-15-8-9-18-28(25)26)22-30(20-23-11-4-2-5-12-23)21-24-13-6-3-7-14-24/h2-18,27H,19-22H2,1H3/t27-/m0/s1. The number of rotatable bonds is 9. The van der Waals surface area contributed by atoms with Gasteiger partial charge in [-0.25, -0.2) is 0 Å². The van der Waals surface area contributed by atoms with E-state index in [4.69, 9.17) is 4.74 Å². The maximum absolute atomic E-state index is 12.8. The number of nitrogens with zero attached hydrogens (tertiary/aromatic N) is 1. The molecular weight excluding hydrogens is 394 g/mol. The summed E-state index contributed by atoms with van der Waals surface area (Å²) in [7, 11) is 1.48. The van der Waals surface area contributed by atoms with Crippen LogP contribution in [0.3, 0.4) is 0 Å². The molecule has 0 aliphatic heterocycles. The van der Waals surface area contributed by atoms with E-state index < -0.39 is 0 Å². The van der Waals surface area contributed by atoms with Gasteiger partial charge >= 0.3 is 5.97 Å². The Kier molecular flexibility index (Phi) is 7.31. The molecule has 162 valence electrons. The van der Waals surface area contributed by atoms with Crippen LogP contribution in [-0.4, -0.2) is 24.5 Å². The zero-order valence-corrected chi connectivity index (χ0v) is 18.5. The quantitative estimate of drug-likeness (QED) is 0.315. The van der Waals surface area contributed by atoms with Gasteiger partial charge in [0.25, 0.3) is 0 Å². The molecule has 0 heterocycles. The van der Waals surface area contributed by atoms with Crippen molar-refractivity contribution in [1.29, 1.82) is 0 Å². The molecule has 4 aromatic rings. The Bertz CT molecular complexity index is 1090. The van der Waals surface area contributed by atoms with Crippen LogP contribution in [0.25, 0.3) is 10.8 Å². The molecule has 1 atom stereocenters. The van der Waals surface area contributed by atoms with Crippen LogP contribution in [0, 0.1) is 5.92 Å². The lowest BCUT2D eigenvalue weighted by Crippen LogP contribution is -2.34. The van der Waals surface area contributed by atoms with Crippen LogP contribution in [-0.2, 0) is 29.0 Å². The Labute approximate surface area is 190 Å². The third-order valence-corrected chi connectivity index (χ3v) is 5.86. The zero-order chi connectivity index (χ0) is 22.2. The number of hydrogen-bond acceptors (Lipinski definition) is 3. The number of methoxy groups -OCH3 is 1. The Morgan fingerprint density at radius 1 is 0.750 bits per heavy atom. The molecule has 0 aliphatic rings. The third kappa shape index (κ3) is 5.63. The van der Waals surface area contributed by atoms with Gasteiger partial charge < -0.3 is 4.74 Å². The molecule has 0 amide bonds. The Morgan fingerprint density at radius 2 is 1.31 bits per heavy atom. The first-order chi connectivity index (χ1) is 15.7. The van der Waals surface area contributed by atoms with Crippen molar-refractivity contribution in [3.05, 3.63) is 120 Å². The van der Waals surface area contributed by atoms with Gasteiger partial charge in [0.05, 0.1) is 13.0 Å². The Hall–Kier alpha value is -3.43. The van der Waals surface area contributed by atoms with E-state index in [2.05, 4.69) is 89.8 Å². The number of carbonyl (C=O) groups is 1. The molecule has 0 bridgehead atoms. The van der Waals surface area contributed by atoms with Crippen molar-refractivity contribution in [1.82, 2.24) is 4.90 Å². The maximum atomic E-state index is 12.8. The normalized spacial score (nSPS) is 12.1. The van der Waals surface area contributed by atoms with Crippen LogP contribution in [0.1, 0.15) is 16.7 Å². The number of hydrogen-bond donors (Lipinski definition) is 0. The molecular formula is C29H29NO2. The highest BCUT2D eigenvalue weighted by Gasteiger charge is 2.24. The van der Waals surface area contributed by atoms with Crippen LogP contribution < -0.4 is 0 Å². The van der Waals surface area contributed by atoms with Crippen molar-refractivity contribution in [3.63, 3.8) is 0 Å². The highest BCUT2D eigenvalue weighted by atomic mass is 16.5. The molecule has 0 unspecified atom stereocenters. The first-order valence-electron chi connectivity index (χ1n) is 11.1. The number of carbonyl (C=O) groups excluding carboxylic acids is 1. The number of ether oxygens (including phenoxy) is 1. The molecule has 32 heavy (non-hydrogen) atoms. The molecule has 0 saturated carbocycles. The maximum Gasteiger partial charge on any atom is 0.310 e. The van der Waals surface area contributed by atoms with Gasteiger partial charge in [-0.3, -0.25) is 9.69 Å². The van der Waals surface area contributed by atoms with Crippen LogP contribution in [0.15, 0.2) is 103 Å². The fraction of sp³-hybridized carbons (Fsp3) is 0.207. The smallest absolute Gasteiger partial charge is 0.310 e. The number of fused-ring (bicyclic) bond motifs is 1. The van der Waals surface area contributed by atoms with E-state index in [1.165, 1.54) is 34.6 Å². The summed E-state index contributed by atoms with van der Waals surface area (Å²) in [5.74, 6) is -0.415. The molecule has 0 aromatic heterocycles. The second-order valence-electron chi connectivity index (χ2n) is 8.20. The highest BCUT2D eigenvalue weighted by Crippen LogP contribution is 2.23. The summed E-state index contributed by atoms with van der Waals surface area (Å²) < 4.78 is 5.23. The zero-order valence-electron chi connectivity index (χ0n) is 18.5. The van der Waals surface area contributed by atoms with Crippen molar-refractivity contribution >= 4 is 16.7 Å². The minimum atomic E-state index is -0.252. The van der Waals surface area contributed by atoms with Gasteiger partial charge in [-0.15, -0.1) is 0 Å². The van der Waals surface area contributed by atoms with Gasteiger partial charge in [-0.1, -0.05) is 103 Å². The van der Waals surface area contributed by atoms with Crippen molar-refractivity contribution in [2.75, 3.05) is 13.7 Å². The summed E-state index contributed by atoms with van der Waals surface area (Å²) in [6.07, 6.45) is 0.647. The van der Waals surface area contributed by atoms with Crippen LogP contribution in [0.5, 0.6) is 0 Å². The minimum Gasteiger partial charge on any atom is -0.469 e. The lowest BCUT2D eigenvalue weighted by molar-refractivity contribution is -0.146. The van der Waals surface area contributed by atoms with Crippen LogP contribution in [0.2, 0.25) is 0 Å². The third-order valence-electron chi connectivity index (χ3n) is 5.86. The molecule has 3 nitrogen and oxygen atoms in total. The van der Waals surface area contributed by atoms with Gasteiger partial charge in [-0.2, -0.15) is 0 Å². The summed E-state index contributed by atoms with van der Waals surface area (Å²) in [4.78, 5) is 15.2. The highest BCUT2D eigenvalue weighted by molar-refractivity contribution is 5.86. The molecule has 3 heteroatoms. The minimum absolute atomic E-state index is 0.163. The Balaban J connectivity index is 1.60. The SMILES string of the molecule is COC(=O)[C@@H](Cc1cccc2ccccc12)CN(Cc1ccccc1)Cc1ccccc1. The molecule has 0 saturated heterocycles. The second-order valence-corrected chi connectivity index (χ2v) is 8.20. The number of benzene rings is 4.